The number of amides is 1. The second-order valence-corrected chi connectivity index (χ2v) is 8.27. The Morgan fingerprint density at radius 1 is 1.16 bits per heavy atom. The second-order valence-electron chi connectivity index (χ2n) is 8.27. The quantitative estimate of drug-likeness (QED) is 0.618. The number of nitrogens with zero attached hydrogens (tertiary/aromatic N) is 4. The molecule has 0 spiro atoms. The van der Waals surface area contributed by atoms with Gasteiger partial charge in [-0.25, -0.2) is 14.4 Å². The molecule has 0 bridgehead atoms. The van der Waals surface area contributed by atoms with Crippen molar-refractivity contribution in [1.29, 1.82) is 5.26 Å². The summed E-state index contributed by atoms with van der Waals surface area (Å²) in [7, 11) is 0. The molecular weight excluding hydrogens is 393 g/mol. The Bertz CT molecular complexity index is 1200. The third-order valence-electron chi connectivity index (χ3n) is 5.79. The zero-order valence-corrected chi connectivity index (χ0v) is 17.0. The summed E-state index contributed by atoms with van der Waals surface area (Å²) in [6, 6.07) is 13.2. The fraction of sp³-hybridized carbons (Fsp3) is 0.333. The first-order valence-corrected chi connectivity index (χ1v) is 10.6. The van der Waals surface area contributed by atoms with Crippen LogP contribution in [-0.2, 0) is 11.3 Å². The van der Waals surface area contributed by atoms with E-state index in [9.17, 15) is 9.18 Å². The topological polar surface area (TPSA) is 81.9 Å². The van der Waals surface area contributed by atoms with Gasteiger partial charge in [0.05, 0.1) is 11.6 Å². The van der Waals surface area contributed by atoms with Gasteiger partial charge in [-0.3, -0.25) is 4.79 Å². The van der Waals surface area contributed by atoms with Crippen LogP contribution in [0.15, 0.2) is 42.7 Å². The maximum absolute atomic E-state index is 14.8. The smallest absolute Gasteiger partial charge is 0.237 e. The molecule has 1 amide bonds. The van der Waals surface area contributed by atoms with Crippen LogP contribution in [0.1, 0.15) is 37.7 Å². The van der Waals surface area contributed by atoms with Crippen LogP contribution in [0.5, 0.6) is 0 Å². The first-order chi connectivity index (χ1) is 15.1. The first kappa shape index (κ1) is 19.4. The normalized spacial score (nSPS) is 15.5. The van der Waals surface area contributed by atoms with Gasteiger partial charge < -0.3 is 10.2 Å². The van der Waals surface area contributed by atoms with Crippen molar-refractivity contribution in [3.8, 4) is 17.2 Å². The van der Waals surface area contributed by atoms with Gasteiger partial charge >= 0.3 is 0 Å². The fourth-order valence-corrected chi connectivity index (χ4v) is 3.83. The van der Waals surface area contributed by atoms with Crippen LogP contribution in [0.3, 0.4) is 0 Å². The number of carbonyl (C=O) groups is 1. The van der Waals surface area contributed by atoms with Crippen molar-refractivity contribution in [1.82, 2.24) is 14.9 Å². The molecule has 5 rings (SSSR count). The van der Waals surface area contributed by atoms with Gasteiger partial charge in [0.25, 0.3) is 0 Å². The Morgan fingerprint density at radius 3 is 2.74 bits per heavy atom. The van der Waals surface area contributed by atoms with E-state index in [0.717, 1.165) is 53.5 Å². The van der Waals surface area contributed by atoms with Crippen LogP contribution in [0.25, 0.3) is 22.0 Å². The van der Waals surface area contributed by atoms with Gasteiger partial charge in [0.2, 0.25) is 5.91 Å². The number of benzene rings is 2. The van der Waals surface area contributed by atoms with E-state index in [1.165, 1.54) is 6.07 Å². The summed E-state index contributed by atoms with van der Waals surface area (Å²) in [4.78, 5) is 22.8. The van der Waals surface area contributed by atoms with Crippen molar-refractivity contribution in [2.75, 3.05) is 5.32 Å². The van der Waals surface area contributed by atoms with Gasteiger partial charge in [-0.2, -0.15) is 5.26 Å². The molecule has 3 aromatic rings. The van der Waals surface area contributed by atoms with Crippen molar-refractivity contribution in [3.05, 3.63) is 54.1 Å². The third kappa shape index (κ3) is 4.19. The highest BCUT2D eigenvalue weighted by Crippen LogP contribution is 2.33. The average molecular weight is 415 g/mol. The molecule has 0 unspecified atom stereocenters. The predicted molar refractivity (Wildman–Crippen MR) is 115 cm³/mol. The molecule has 0 aliphatic heterocycles. The third-order valence-corrected chi connectivity index (χ3v) is 5.79. The largest absolute Gasteiger partial charge is 0.367 e. The zero-order chi connectivity index (χ0) is 21.4. The van der Waals surface area contributed by atoms with Crippen molar-refractivity contribution in [2.45, 2.75) is 50.7 Å². The summed E-state index contributed by atoms with van der Waals surface area (Å²) in [5.74, 6) is 0.278. The SMILES string of the molecule is N#CCC(=O)N(Cc1ccc(F)c(-c2ccc3ncnc(NC4CC4)c3c2)c1)C1CC1. The van der Waals surface area contributed by atoms with Gasteiger partial charge in [0.15, 0.2) is 0 Å². The van der Waals surface area contributed by atoms with E-state index in [1.54, 1.807) is 23.4 Å². The molecule has 0 saturated heterocycles. The summed E-state index contributed by atoms with van der Waals surface area (Å²) >= 11 is 0. The van der Waals surface area contributed by atoms with Crippen LogP contribution >= 0.6 is 0 Å². The molecular formula is C24H22FN5O. The predicted octanol–water partition coefficient (Wildman–Crippen LogP) is 4.41. The summed E-state index contributed by atoms with van der Waals surface area (Å²) in [6.07, 6.45) is 5.57. The minimum atomic E-state index is -0.321. The second kappa shape index (κ2) is 7.95. The summed E-state index contributed by atoms with van der Waals surface area (Å²) in [6.45, 7) is 0.379. The number of nitrogens with one attached hydrogen (secondary N) is 1. The number of halogens is 1. The van der Waals surface area contributed by atoms with E-state index in [4.69, 9.17) is 5.26 Å². The molecule has 2 aliphatic rings. The lowest BCUT2D eigenvalue weighted by Crippen LogP contribution is -2.32. The Morgan fingerprint density at radius 2 is 2.00 bits per heavy atom. The van der Waals surface area contributed by atoms with Crippen molar-refractivity contribution >= 4 is 22.6 Å². The Kier molecular flexibility index (Phi) is 4.99. The lowest BCUT2D eigenvalue weighted by molar-refractivity contribution is -0.131. The van der Waals surface area contributed by atoms with Gasteiger partial charge in [0.1, 0.15) is 24.4 Å². The number of nitriles is 1. The van der Waals surface area contributed by atoms with Gasteiger partial charge in [-0.15, -0.1) is 0 Å². The number of hydrogen-bond donors (Lipinski definition) is 1. The lowest BCUT2D eigenvalue weighted by Gasteiger charge is -2.22. The average Bonchev–Trinajstić information content (AvgIpc) is 3.68. The Labute approximate surface area is 179 Å². The number of rotatable bonds is 7. The molecule has 0 radical (unpaired) electrons. The van der Waals surface area contributed by atoms with E-state index >= 15 is 0 Å². The van der Waals surface area contributed by atoms with Crippen LogP contribution in [0.2, 0.25) is 0 Å². The van der Waals surface area contributed by atoms with Gasteiger partial charge in [-0.05, 0) is 61.1 Å². The summed E-state index contributed by atoms with van der Waals surface area (Å²) in [5, 5.41) is 13.2. The molecule has 2 aliphatic carbocycles. The standard InChI is InChI=1S/C24H22FN5O/c25-21-7-1-15(13-30(18-5-6-18)23(31)9-10-26)11-19(21)16-2-8-22-20(12-16)24(28-14-27-22)29-17-3-4-17/h1-2,7-8,11-12,14,17-18H,3-6,9,13H2,(H,27,28,29). The molecule has 2 saturated carbocycles. The maximum atomic E-state index is 14.8. The van der Waals surface area contributed by atoms with E-state index < -0.39 is 0 Å². The minimum absolute atomic E-state index is 0.133. The minimum Gasteiger partial charge on any atom is -0.367 e. The molecule has 156 valence electrons. The molecule has 6 nitrogen and oxygen atoms in total. The van der Waals surface area contributed by atoms with E-state index in [1.807, 2.05) is 24.3 Å². The summed E-state index contributed by atoms with van der Waals surface area (Å²) < 4.78 is 14.8. The van der Waals surface area contributed by atoms with Crippen molar-refractivity contribution in [2.24, 2.45) is 0 Å². The molecule has 2 aromatic carbocycles. The molecule has 1 heterocycles. The van der Waals surface area contributed by atoms with Gasteiger partial charge in [-0.1, -0.05) is 12.1 Å². The van der Waals surface area contributed by atoms with E-state index in [0.29, 0.717) is 18.2 Å². The van der Waals surface area contributed by atoms with E-state index in [2.05, 4.69) is 15.3 Å². The van der Waals surface area contributed by atoms with Gasteiger partial charge in [0, 0.05) is 29.6 Å². The number of hydrogen-bond acceptors (Lipinski definition) is 5. The van der Waals surface area contributed by atoms with Crippen LogP contribution in [0.4, 0.5) is 10.2 Å². The molecule has 7 heteroatoms. The highest BCUT2D eigenvalue weighted by molar-refractivity contribution is 5.92. The van der Waals surface area contributed by atoms with Crippen LogP contribution < -0.4 is 5.32 Å². The van der Waals surface area contributed by atoms with Crippen LogP contribution in [0, 0.1) is 17.1 Å². The van der Waals surface area contributed by atoms with Crippen molar-refractivity contribution < 1.29 is 9.18 Å². The molecule has 0 atom stereocenters. The lowest BCUT2D eigenvalue weighted by atomic mass is 10.00. The summed E-state index contributed by atoms with van der Waals surface area (Å²) in [5.41, 5.74) is 2.86. The highest BCUT2D eigenvalue weighted by atomic mass is 19.1. The Balaban J connectivity index is 1.48. The molecule has 1 N–H and O–H groups in total. The highest BCUT2D eigenvalue weighted by Gasteiger charge is 2.32. The van der Waals surface area contributed by atoms with Crippen LogP contribution in [-0.4, -0.2) is 32.9 Å². The van der Waals surface area contributed by atoms with Crippen molar-refractivity contribution in [3.63, 3.8) is 0 Å². The monoisotopic (exact) mass is 415 g/mol. The number of aromatic nitrogens is 2. The Hall–Kier alpha value is -3.53. The molecule has 2 fully saturated rings. The molecule has 1 aromatic heterocycles. The molecule has 31 heavy (non-hydrogen) atoms. The zero-order valence-electron chi connectivity index (χ0n) is 17.0. The number of carbonyl (C=O) groups excluding carboxylic acids is 1. The number of fused-ring (bicyclic) bond motifs is 1. The fourth-order valence-electron chi connectivity index (χ4n) is 3.83. The number of anilines is 1. The van der Waals surface area contributed by atoms with E-state index in [-0.39, 0.29) is 24.2 Å². The first-order valence-electron chi connectivity index (χ1n) is 10.6. The maximum Gasteiger partial charge on any atom is 0.237 e.